The van der Waals surface area contributed by atoms with E-state index in [-0.39, 0.29) is 5.41 Å². The monoisotopic (exact) mass is 440 g/mol. The Balaban J connectivity index is 1.48. The Hall–Kier alpha value is -3.78. The summed E-state index contributed by atoms with van der Waals surface area (Å²) < 4.78 is 0. The summed E-state index contributed by atoms with van der Waals surface area (Å²) >= 11 is 0. The summed E-state index contributed by atoms with van der Waals surface area (Å²) in [5.74, 6) is 0. The molecule has 0 fully saturated rings. The van der Waals surface area contributed by atoms with Crippen molar-refractivity contribution >= 4 is 10.8 Å². The molecule has 1 aliphatic carbocycles. The number of hydrogen-bond acceptors (Lipinski definition) is 2. The molecule has 0 radical (unpaired) electrons. The maximum absolute atomic E-state index is 4.95. The highest BCUT2D eigenvalue weighted by Crippen LogP contribution is 2.38. The first-order valence-corrected chi connectivity index (χ1v) is 12.0. The third kappa shape index (κ3) is 3.60. The maximum atomic E-state index is 4.95. The van der Waals surface area contributed by atoms with Gasteiger partial charge in [-0.2, -0.15) is 0 Å². The number of aromatic nitrogens is 2. The highest BCUT2D eigenvalue weighted by molar-refractivity contribution is 5.91. The predicted molar refractivity (Wildman–Crippen MR) is 142 cm³/mol. The summed E-state index contributed by atoms with van der Waals surface area (Å²) in [6.45, 7) is 6.84. The van der Waals surface area contributed by atoms with Crippen LogP contribution in [-0.2, 0) is 18.3 Å². The fourth-order valence-electron chi connectivity index (χ4n) is 5.14. The van der Waals surface area contributed by atoms with Crippen molar-refractivity contribution in [3.05, 3.63) is 108 Å². The van der Waals surface area contributed by atoms with Crippen molar-refractivity contribution in [3.63, 3.8) is 0 Å². The first kappa shape index (κ1) is 20.8. The summed E-state index contributed by atoms with van der Waals surface area (Å²) in [5.41, 5.74) is 10.9. The largest absolute Gasteiger partial charge is 0.256 e. The van der Waals surface area contributed by atoms with Crippen LogP contribution >= 0.6 is 0 Å². The molecule has 0 atom stereocenters. The van der Waals surface area contributed by atoms with E-state index >= 15 is 0 Å². The zero-order valence-corrected chi connectivity index (χ0v) is 20.0. The number of fused-ring (bicyclic) bond motifs is 4. The number of benzene rings is 3. The molecular formula is C32H28N2. The lowest BCUT2D eigenvalue weighted by molar-refractivity contribution is 0.596. The SMILES string of the molecule is CC(C)(C)c1cc(-c2cc3c(cn2)CCc2cc(-c4ccccc4)cnc2-3)cc2ccccc12. The van der Waals surface area contributed by atoms with E-state index in [1.807, 2.05) is 6.20 Å². The van der Waals surface area contributed by atoms with Crippen LogP contribution in [0, 0.1) is 0 Å². The molecular weight excluding hydrogens is 412 g/mol. The highest BCUT2D eigenvalue weighted by Gasteiger charge is 2.22. The van der Waals surface area contributed by atoms with Crippen molar-refractivity contribution in [2.24, 2.45) is 0 Å². The number of aryl methyl sites for hydroxylation is 2. The summed E-state index contributed by atoms with van der Waals surface area (Å²) in [6.07, 6.45) is 6.07. The van der Waals surface area contributed by atoms with Gasteiger partial charge in [-0.15, -0.1) is 0 Å². The van der Waals surface area contributed by atoms with Crippen LogP contribution in [0.15, 0.2) is 91.3 Å². The molecule has 5 aromatic rings. The van der Waals surface area contributed by atoms with Gasteiger partial charge in [-0.05, 0) is 75.5 Å². The summed E-state index contributed by atoms with van der Waals surface area (Å²) in [6, 6.07) is 28.3. The smallest absolute Gasteiger partial charge is 0.0738 e. The van der Waals surface area contributed by atoms with Crippen LogP contribution in [0.4, 0.5) is 0 Å². The lowest BCUT2D eigenvalue weighted by Crippen LogP contribution is -2.12. The molecule has 34 heavy (non-hydrogen) atoms. The molecule has 0 saturated carbocycles. The van der Waals surface area contributed by atoms with Gasteiger partial charge in [-0.25, -0.2) is 0 Å². The van der Waals surface area contributed by atoms with Crippen LogP contribution in [0.2, 0.25) is 0 Å². The highest BCUT2D eigenvalue weighted by atomic mass is 14.7. The van der Waals surface area contributed by atoms with E-state index in [2.05, 4.69) is 106 Å². The Morgan fingerprint density at radius 3 is 2.24 bits per heavy atom. The topological polar surface area (TPSA) is 25.8 Å². The standard InChI is InChI=1S/C32H28N2/c1-32(2,3)29-17-25(15-22-11-7-8-12-27(22)29)30-18-28-24(19-33-30)14-13-23-16-26(20-34-31(23)28)21-9-5-4-6-10-21/h4-12,15-20H,13-14H2,1-3H3. The molecule has 1 aliphatic rings. The Kier molecular flexibility index (Phi) is 4.84. The molecule has 0 amide bonds. The molecule has 2 heteroatoms. The van der Waals surface area contributed by atoms with E-state index in [0.29, 0.717) is 0 Å². The zero-order chi connectivity index (χ0) is 23.3. The molecule has 3 aromatic carbocycles. The third-order valence-electron chi connectivity index (χ3n) is 6.94. The van der Waals surface area contributed by atoms with E-state index in [9.17, 15) is 0 Å². The maximum Gasteiger partial charge on any atom is 0.0738 e. The Morgan fingerprint density at radius 2 is 1.41 bits per heavy atom. The van der Waals surface area contributed by atoms with Gasteiger partial charge in [0.1, 0.15) is 0 Å². The van der Waals surface area contributed by atoms with E-state index in [0.717, 1.165) is 24.2 Å². The van der Waals surface area contributed by atoms with Crippen molar-refractivity contribution in [2.45, 2.75) is 39.0 Å². The average Bonchev–Trinajstić information content (AvgIpc) is 2.87. The number of nitrogens with zero attached hydrogens (tertiary/aromatic N) is 2. The zero-order valence-electron chi connectivity index (χ0n) is 20.0. The number of pyridine rings is 2. The minimum atomic E-state index is 0.0474. The molecule has 0 aliphatic heterocycles. The van der Waals surface area contributed by atoms with E-state index in [1.165, 1.54) is 49.7 Å². The van der Waals surface area contributed by atoms with Crippen molar-refractivity contribution < 1.29 is 0 Å². The van der Waals surface area contributed by atoms with Crippen molar-refractivity contribution in [1.29, 1.82) is 0 Å². The van der Waals surface area contributed by atoms with Crippen molar-refractivity contribution in [1.82, 2.24) is 9.97 Å². The van der Waals surface area contributed by atoms with Gasteiger partial charge < -0.3 is 0 Å². The van der Waals surface area contributed by atoms with Gasteiger partial charge in [0.05, 0.1) is 11.4 Å². The molecule has 0 bridgehead atoms. The van der Waals surface area contributed by atoms with Crippen LogP contribution < -0.4 is 0 Å². The third-order valence-corrected chi connectivity index (χ3v) is 6.94. The minimum absolute atomic E-state index is 0.0474. The summed E-state index contributed by atoms with van der Waals surface area (Å²) in [5, 5.41) is 2.58. The molecule has 0 spiro atoms. The second kappa shape index (κ2) is 7.92. The number of rotatable bonds is 2. The molecule has 2 aromatic heterocycles. The molecule has 0 N–H and O–H groups in total. The van der Waals surface area contributed by atoms with Gasteiger partial charge in [-0.1, -0.05) is 75.4 Å². The van der Waals surface area contributed by atoms with Gasteiger partial charge in [0.15, 0.2) is 0 Å². The fraction of sp³-hybridized carbons (Fsp3) is 0.188. The second-order valence-electron chi connectivity index (χ2n) is 10.3. The molecule has 166 valence electrons. The average molecular weight is 441 g/mol. The Bertz CT molecular complexity index is 1520. The van der Waals surface area contributed by atoms with Crippen LogP contribution in [0.5, 0.6) is 0 Å². The number of hydrogen-bond donors (Lipinski definition) is 0. The predicted octanol–water partition coefficient (Wildman–Crippen LogP) is 8.03. The van der Waals surface area contributed by atoms with Gasteiger partial charge in [0, 0.05) is 29.1 Å². The molecule has 2 heterocycles. The molecule has 2 nitrogen and oxygen atoms in total. The van der Waals surface area contributed by atoms with Gasteiger partial charge in [-0.3, -0.25) is 9.97 Å². The van der Waals surface area contributed by atoms with Gasteiger partial charge in [0.25, 0.3) is 0 Å². The normalized spacial score (nSPS) is 12.9. The first-order valence-electron chi connectivity index (χ1n) is 12.0. The van der Waals surface area contributed by atoms with Gasteiger partial charge >= 0.3 is 0 Å². The molecule has 6 rings (SSSR count). The van der Waals surface area contributed by atoms with Crippen LogP contribution in [0.3, 0.4) is 0 Å². The Morgan fingerprint density at radius 1 is 0.647 bits per heavy atom. The van der Waals surface area contributed by atoms with Crippen molar-refractivity contribution in [3.8, 4) is 33.6 Å². The van der Waals surface area contributed by atoms with Crippen LogP contribution in [-0.4, -0.2) is 9.97 Å². The van der Waals surface area contributed by atoms with Crippen molar-refractivity contribution in [2.75, 3.05) is 0 Å². The van der Waals surface area contributed by atoms with E-state index < -0.39 is 0 Å². The summed E-state index contributed by atoms with van der Waals surface area (Å²) in [4.78, 5) is 9.85. The first-order chi connectivity index (χ1) is 16.5. The summed E-state index contributed by atoms with van der Waals surface area (Å²) in [7, 11) is 0. The fourth-order valence-corrected chi connectivity index (χ4v) is 5.14. The van der Waals surface area contributed by atoms with Crippen LogP contribution in [0.1, 0.15) is 37.5 Å². The quantitative estimate of drug-likeness (QED) is 0.278. The van der Waals surface area contributed by atoms with E-state index in [1.54, 1.807) is 0 Å². The lowest BCUT2D eigenvalue weighted by Gasteiger charge is -2.23. The lowest BCUT2D eigenvalue weighted by atomic mass is 9.82. The second-order valence-corrected chi connectivity index (χ2v) is 10.3. The van der Waals surface area contributed by atoms with E-state index in [4.69, 9.17) is 9.97 Å². The van der Waals surface area contributed by atoms with Gasteiger partial charge in [0.2, 0.25) is 0 Å². The minimum Gasteiger partial charge on any atom is -0.256 e. The van der Waals surface area contributed by atoms with Crippen LogP contribution in [0.25, 0.3) is 44.4 Å². The Labute approximate surface area is 201 Å². The molecule has 0 saturated heterocycles. The molecule has 0 unspecified atom stereocenters.